The van der Waals surface area contributed by atoms with E-state index >= 15 is 0 Å². The summed E-state index contributed by atoms with van der Waals surface area (Å²) in [7, 11) is 4.06. The molecule has 4 aliphatic heterocycles. The molecule has 2 saturated heterocycles. The lowest BCUT2D eigenvalue weighted by atomic mass is 9.90. The molecule has 2 fully saturated rings. The molecule has 5 heterocycles. The zero-order chi connectivity index (χ0) is 48.0. The van der Waals surface area contributed by atoms with Crippen molar-refractivity contribution in [1.29, 1.82) is 0 Å². The van der Waals surface area contributed by atoms with E-state index in [1.165, 1.54) is 7.11 Å². The van der Waals surface area contributed by atoms with Gasteiger partial charge in [-0.2, -0.15) is 13.2 Å². The molecular weight excluding hydrogens is 884 g/mol. The Hall–Kier alpha value is -6.95. The molecule has 0 unspecified atom stereocenters. The van der Waals surface area contributed by atoms with E-state index in [-0.39, 0.29) is 36.7 Å². The maximum atomic E-state index is 14.4. The average molecular weight is 936 g/mol. The molecule has 68 heavy (non-hydrogen) atoms. The number of rotatable bonds is 11. The Kier molecular flexibility index (Phi) is 12.6. The Bertz CT molecular complexity index is 2800. The number of likely N-dealkylation sites (tertiary alicyclic amines) is 2. The van der Waals surface area contributed by atoms with E-state index in [0.29, 0.717) is 43.0 Å². The predicted molar refractivity (Wildman–Crippen MR) is 245 cm³/mol. The van der Waals surface area contributed by atoms with Gasteiger partial charge in [0, 0.05) is 43.8 Å². The van der Waals surface area contributed by atoms with Crippen molar-refractivity contribution < 1.29 is 51.3 Å². The van der Waals surface area contributed by atoms with E-state index in [2.05, 4.69) is 31.4 Å². The number of amides is 4. The first-order chi connectivity index (χ1) is 32.6. The first kappa shape index (κ1) is 46.2. The predicted octanol–water partition coefficient (Wildman–Crippen LogP) is 8.21. The van der Waals surface area contributed by atoms with Gasteiger partial charge in [-0.25, -0.2) is 14.6 Å². The molecule has 6 atom stereocenters. The average Bonchev–Trinajstić information content (AvgIpc) is 4.17. The Labute approximate surface area is 390 Å². The van der Waals surface area contributed by atoms with Gasteiger partial charge in [0.2, 0.25) is 11.8 Å². The van der Waals surface area contributed by atoms with Crippen molar-refractivity contribution in [2.75, 3.05) is 41.0 Å². The number of ether oxygens (including phenoxy) is 4. The summed E-state index contributed by atoms with van der Waals surface area (Å²) in [6.07, 6.45) is -3.79. The van der Waals surface area contributed by atoms with Crippen LogP contribution >= 0.6 is 0 Å². The lowest BCUT2D eigenvalue weighted by Gasteiger charge is -2.30. The summed E-state index contributed by atoms with van der Waals surface area (Å²) in [6, 6.07) is 19.7. The number of fused-ring (bicyclic) bond motifs is 6. The molecular formula is C50H52F3N7O8. The molecule has 4 aliphatic rings. The van der Waals surface area contributed by atoms with Crippen LogP contribution in [0, 0.1) is 17.8 Å². The largest absolute Gasteiger partial charge is 0.488 e. The number of H-pyrrole nitrogens is 1. The first-order valence-electron chi connectivity index (χ1n) is 22.5. The molecule has 18 heteroatoms. The van der Waals surface area contributed by atoms with E-state index in [4.69, 9.17) is 19.2 Å². The SMILES string of the molecule is COC[C@H]1C[C@@H](C2=Nc3ccc4cc5c(cc4c3C2)OCc2cc(-c3cnc([C@@H]4C[C@H](C(F)(F)F)CN4C(=O)[C@@H](NC(=O)OC)C(C)C)[nH]3)ccc2-5)N(C(=O)[C@H](NC(=O)OC)c2ccccc2)C1. The Morgan fingerprint density at radius 3 is 2.34 bits per heavy atom. The van der Waals surface area contributed by atoms with Crippen LogP contribution in [0.2, 0.25) is 0 Å². The number of hydrogen-bond donors (Lipinski definition) is 3. The second-order valence-corrected chi connectivity index (χ2v) is 18.1. The first-order valence-corrected chi connectivity index (χ1v) is 22.5. The van der Waals surface area contributed by atoms with Gasteiger partial charge in [0.1, 0.15) is 30.3 Å². The summed E-state index contributed by atoms with van der Waals surface area (Å²) >= 11 is 0. The summed E-state index contributed by atoms with van der Waals surface area (Å²) in [4.78, 5) is 68.6. The molecule has 0 aliphatic carbocycles. The molecule has 3 N–H and O–H groups in total. The number of aromatic nitrogens is 2. The monoisotopic (exact) mass is 935 g/mol. The van der Waals surface area contributed by atoms with Crippen LogP contribution in [0.25, 0.3) is 33.2 Å². The molecule has 4 amide bonds. The van der Waals surface area contributed by atoms with E-state index in [1.807, 2.05) is 59.5 Å². The van der Waals surface area contributed by atoms with Crippen LogP contribution in [0.4, 0.5) is 28.4 Å². The third kappa shape index (κ3) is 8.84. The highest BCUT2D eigenvalue weighted by atomic mass is 19.4. The fourth-order valence-electron chi connectivity index (χ4n) is 10.1. The van der Waals surface area contributed by atoms with Crippen molar-refractivity contribution >= 4 is 46.2 Å². The van der Waals surface area contributed by atoms with E-state index in [0.717, 1.165) is 62.0 Å². The van der Waals surface area contributed by atoms with Crippen LogP contribution < -0.4 is 15.4 Å². The summed E-state index contributed by atoms with van der Waals surface area (Å²) in [6.45, 7) is 3.97. The molecule has 4 aromatic carbocycles. The van der Waals surface area contributed by atoms with Gasteiger partial charge < -0.3 is 44.4 Å². The van der Waals surface area contributed by atoms with Gasteiger partial charge >= 0.3 is 18.4 Å². The minimum atomic E-state index is -4.55. The number of alkyl carbamates (subject to hydrolysis) is 2. The van der Waals surface area contributed by atoms with Crippen LogP contribution in [0.1, 0.15) is 61.3 Å². The van der Waals surface area contributed by atoms with Gasteiger partial charge in [-0.3, -0.25) is 14.6 Å². The third-order valence-corrected chi connectivity index (χ3v) is 13.6. The summed E-state index contributed by atoms with van der Waals surface area (Å²) in [5.74, 6) is -2.15. The van der Waals surface area contributed by atoms with Crippen molar-refractivity contribution in [3.63, 3.8) is 0 Å². The molecule has 0 spiro atoms. The summed E-state index contributed by atoms with van der Waals surface area (Å²) in [5.41, 5.74) is 7.38. The molecule has 0 saturated carbocycles. The van der Waals surface area contributed by atoms with Crippen molar-refractivity contribution in [3.8, 4) is 28.1 Å². The van der Waals surface area contributed by atoms with Gasteiger partial charge in [0.25, 0.3) is 0 Å². The number of aromatic amines is 1. The zero-order valence-corrected chi connectivity index (χ0v) is 38.2. The number of carbonyl (C=O) groups excluding carboxylic acids is 4. The Morgan fingerprint density at radius 2 is 1.62 bits per heavy atom. The van der Waals surface area contributed by atoms with Crippen molar-refractivity contribution in [3.05, 3.63) is 102 Å². The van der Waals surface area contributed by atoms with Crippen LogP contribution in [0.5, 0.6) is 5.75 Å². The van der Waals surface area contributed by atoms with Gasteiger partial charge in [-0.1, -0.05) is 62.4 Å². The molecule has 15 nitrogen and oxygen atoms in total. The van der Waals surface area contributed by atoms with E-state index in [9.17, 15) is 32.3 Å². The van der Waals surface area contributed by atoms with Gasteiger partial charge in [0.15, 0.2) is 0 Å². The number of benzene rings is 4. The lowest BCUT2D eigenvalue weighted by molar-refractivity contribution is -0.171. The number of alkyl halides is 3. The fraction of sp³-hybridized carbons (Fsp3) is 0.400. The van der Waals surface area contributed by atoms with Crippen LogP contribution in [-0.4, -0.2) is 109 Å². The third-order valence-electron chi connectivity index (χ3n) is 13.6. The standard InChI is InChI=1S/C50H52F3N7O8/c1-26(2)43(57-48(63)66-4)46(61)60-23-32(50(51,52)53)18-41(60)45-54-21-39(56-45)30-11-13-33-31(16-30)25-68-42-20-34-29(17-36(33)42)12-14-37-35(34)19-38(55-37)40-15-27(24-65-3)22-59(40)47(62)44(58-49(64)67-5)28-9-7-6-8-10-28/h6-14,16-17,20-21,26-27,32,40-41,43-44H,15,18-19,22-25H2,1-5H3,(H,54,56)(H,57,63)(H,58,64)/t27-,32-,40-,41-,43-,44+/m0/s1. The zero-order valence-electron chi connectivity index (χ0n) is 38.2. The van der Waals surface area contributed by atoms with Crippen LogP contribution in [0.3, 0.4) is 0 Å². The fourth-order valence-corrected chi connectivity index (χ4v) is 10.1. The molecule has 356 valence electrons. The number of halogens is 3. The summed E-state index contributed by atoms with van der Waals surface area (Å²) in [5, 5.41) is 7.19. The number of imidazole rings is 1. The quantitative estimate of drug-likeness (QED) is 0.118. The minimum absolute atomic E-state index is 0.0585. The van der Waals surface area contributed by atoms with Crippen LogP contribution in [-0.2, 0) is 36.8 Å². The smallest absolute Gasteiger partial charge is 0.407 e. The summed E-state index contributed by atoms with van der Waals surface area (Å²) < 4.78 is 64.0. The molecule has 9 rings (SSSR count). The number of aliphatic imine (C=N–C) groups is 1. The number of nitrogens with one attached hydrogen (secondary N) is 3. The highest BCUT2D eigenvalue weighted by Crippen LogP contribution is 2.46. The van der Waals surface area contributed by atoms with Crippen molar-refractivity contribution in [2.45, 2.75) is 70.1 Å². The van der Waals surface area contributed by atoms with Gasteiger partial charge in [-0.05, 0) is 81.6 Å². The normalized spacial score (nSPS) is 20.5. The second kappa shape index (κ2) is 18.6. The molecule has 5 aromatic rings. The minimum Gasteiger partial charge on any atom is -0.488 e. The Balaban J connectivity index is 0.958. The number of hydrogen-bond acceptors (Lipinski definition) is 10. The van der Waals surface area contributed by atoms with E-state index in [1.54, 1.807) is 39.3 Å². The number of carbonyl (C=O) groups is 4. The topological polar surface area (TPSA) is 177 Å². The van der Waals surface area contributed by atoms with Gasteiger partial charge in [0.05, 0.1) is 56.4 Å². The second-order valence-electron chi connectivity index (χ2n) is 18.1. The molecule has 1 aromatic heterocycles. The number of methoxy groups -OCH3 is 3. The van der Waals surface area contributed by atoms with Gasteiger partial charge in [-0.15, -0.1) is 0 Å². The van der Waals surface area contributed by atoms with E-state index < -0.39 is 60.8 Å². The van der Waals surface area contributed by atoms with Crippen LogP contribution in [0.15, 0.2) is 84.0 Å². The molecule has 0 bridgehead atoms. The Morgan fingerprint density at radius 1 is 0.868 bits per heavy atom. The lowest BCUT2D eigenvalue weighted by Crippen LogP contribution is -2.51. The number of nitrogens with zero attached hydrogens (tertiary/aromatic N) is 4. The maximum absolute atomic E-state index is 14.4. The molecule has 0 radical (unpaired) electrons. The highest BCUT2D eigenvalue weighted by molar-refractivity contribution is 6.07. The maximum Gasteiger partial charge on any atom is 0.407 e. The highest BCUT2D eigenvalue weighted by Gasteiger charge is 2.51. The van der Waals surface area contributed by atoms with Crippen molar-refractivity contribution in [1.82, 2.24) is 30.4 Å². The van der Waals surface area contributed by atoms with Crippen molar-refractivity contribution in [2.24, 2.45) is 22.7 Å².